The Balaban J connectivity index is 2.09. The van der Waals surface area contributed by atoms with E-state index in [1.807, 2.05) is 17.0 Å². The highest BCUT2D eigenvalue weighted by Crippen LogP contribution is 2.29. The third-order valence-corrected chi connectivity index (χ3v) is 4.75. The van der Waals surface area contributed by atoms with Crippen LogP contribution in [0.3, 0.4) is 0 Å². The zero-order valence-corrected chi connectivity index (χ0v) is 14.3. The zero-order chi connectivity index (χ0) is 16.3. The number of carbonyl (C=O) groups excluding carboxylic acids is 1. The van der Waals surface area contributed by atoms with Crippen molar-refractivity contribution in [3.05, 3.63) is 29.8 Å². The van der Waals surface area contributed by atoms with Crippen molar-refractivity contribution in [2.24, 2.45) is 11.1 Å². The Hall–Kier alpha value is -1.55. The molecule has 1 aliphatic rings. The van der Waals surface area contributed by atoms with E-state index in [0.717, 1.165) is 31.6 Å². The second kappa shape index (κ2) is 6.69. The summed E-state index contributed by atoms with van der Waals surface area (Å²) in [6.45, 7) is 11.8. The van der Waals surface area contributed by atoms with E-state index in [9.17, 15) is 4.79 Å². The number of amides is 1. The fourth-order valence-electron chi connectivity index (χ4n) is 3.19. The first-order valence-electron chi connectivity index (χ1n) is 8.26. The summed E-state index contributed by atoms with van der Waals surface area (Å²) in [7, 11) is 0. The molecule has 2 rings (SSSR count). The van der Waals surface area contributed by atoms with Gasteiger partial charge < -0.3 is 15.5 Å². The summed E-state index contributed by atoms with van der Waals surface area (Å²) in [4.78, 5) is 16.9. The molecular formula is C18H29N3O. The molecule has 1 fully saturated rings. The summed E-state index contributed by atoms with van der Waals surface area (Å²) in [6, 6.07) is 8.45. The summed E-state index contributed by atoms with van der Waals surface area (Å²) >= 11 is 0. The fourth-order valence-corrected chi connectivity index (χ4v) is 3.19. The van der Waals surface area contributed by atoms with Gasteiger partial charge in [0.05, 0.1) is 0 Å². The normalized spacial score (nSPS) is 21.5. The second-order valence-corrected chi connectivity index (χ2v) is 6.92. The van der Waals surface area contributed by atoms with Gasteiger partial charge in [-0.1, -0.05) is 6.92 Å². The summed E-state index contributed by atoms with van der Waals surface area (Å²) in [5.41, 5.74) is 7.84. The molecule has 1 aromatic carbocycles. The molecule has 1 saturated heterocycles. The molecule has 0 aliphatic carbocycles. The highest BCUT2D eigenvalue weighted by molar-refractivity contribution is 5.94. The van der Waals surface area contributed by atoms with Crippen molar-refractivity contribution < 1.29 is 4.79 Å². The molecule has 1 atom stereocenters. The smallest absolute Gasteiger partial charge is 0.253 e. The molecule has 122 valence electrons. The van der Waals surface area contributed by atoms with Crippen molar-refractivity contribution in [1.29, 1.82) is 0 Å². The largest absolute Gasteiger partial charge is 0.369 e. The van der Waals surface area contributed by atoms with Crippen LogP contribution in [0.5, 0.6) is 0 Å². The van der Waals surface area contributed by atoms with Crippen molar-refractivity contribution >= 4 is 11.6 Å². The van der Waals surface area contributed by atoms with E-state index in [-0.39, 0.29) is 11.3 Å². The van der Waals surface area contributed by atoms with Crippen molar-refractivity contribution in [1.82, 2.24) is 4.90 Å². The molecule has 1 aliphatic heterocycles. The van der Waals surface area contributed by atoms with Gasteiger partial charge >= 0.3 is 0 Å². The minimum atomic E-state index is 0.0756. The van der Waals surface area contributed by atoms with Crippen LogP contribution in [-0.4, -0.2) is 43.0 Å². The van der Waals surface area contributed by atoms with Crippen LogP contribution in [0.2, 0.25) is 0 Å². The molecular weight excluding hydrogens is 274 g/mol. The lowest BCUT2D eigenvalue weighted by Gasteiger charge is -2.28. The van der Waals surface area contributed by atoms with Gasteiger partial charge in [0.15, 0.2) is 0 Å². The van der Waals surface area contributed by atoms with Crippen LogP contribution in [0.15, 0.2) is 24.3 Å². The number of rotatable bonds is 5. The number of hydrogen-bond donors (Lipinski definition) is 1. The molecule has 1 heterocycles. The van der Waals surface area contributed by atoms with E-state index >= 15 is 0 Å². The number of nitrogens with two attached hydrogens (primary N) is 1. The number of hydrogen-bond acceptors (Lipinski definition) is 3. The molecule has 0 bridgehead atoms. The second-order valence-electron chi connectivity index (χ2n) is 6.92. The van der Waals surface area contributed by atoms with E-state index in [1.54, 1.807) is 0 Å². The Bertz CT molecular complexity index is 512. The van der Waals surface area contributed by atoms with E-state index in [1.165, 1.54) is 5.69 Å². The Morgan fingerprint density at radius 3 is 2.45 bits per heavy atom. The van der Waals surface area contributed by atoms with Crippen molar-refractivity contribution in [2.75, 3.05) is 31.1 Å². The van der Waals surface area contributed by atoms with Crippen LogP contribution in [0.25, 0.3) is 0 Å². The first-order valence-corrected chi connectivity index (χ1v) is 8.26. The highest BCUT2D eigenvalue weighted by Gasteiger charge is 2.35. The maximum atomic E-state index is 12.6. The molecule has 0 spiro atoms. The van der Waals surface area contributed by atoms with Crippen LogP contribution in [0.4, 0.5) is 5.69 Å². The fraction of sp³-hybridized carbons (Fsp3) is 0.611. The molecule has 4 nitrogen and oxygen atoms in total. The Morgan fingerprint density at radius 1 is 1.36 bits per heavy atom. The first kappa shape index (κ1) is 16.8. The SMILES string of the molecule is CCN(c1ccc(C(=O)N2CCC(C)(CN)C2)cc1)C(C)C. The van der Waals surface area contributed by atoms with E-state index in [2.05, 4.69) is 44.7 Å². The summed E-state index contributed by atoms with van der Waals surface area (Å²) < 4.78 is 0. The Labute approximate surface area is 134 Å². The van der Waals surface area contributed by atoms with Gasteiger partial charge in [-0.25, -0.2) is 0 Å². The standard InChI is InChI=1S/C18H29N3O/c1-5-21(14(2)3)16-8-6-15(7-9-16)17(22)20-11-10-18(4,12-19)13-20/h6-9,14H,5,10-13,19H2,1-4H3. The van der Waals surface area contributed by atoms with Crippen molar-refractivity contribution in [2.45, 2.75) is 40.2 Å². The van der Waals surface area contributed by atoms with Gasteiger partial charge in [0.2, 0.25) is 0 Å². The number of carbonyl (C=O) groups is 1. The predicted octanol–water partition coefficient (Wildman–Crippen LogP) is 2.73. The van der Waals surface area contributed by atoms with Gasteiger partial charge in [-0.3, -0.25) is 4.79 Å². The molecule has 1 amide bonds. The maximum absolute atomic E-state index is 12.6. The third kappa shape index (κ3) is 3.43. The lowest BCUT2D eigenvalue weighted by molar-refractivity contribution is 0.0777. The first-order chi connectivity index (χ1) is 10.4. The number of nitrogens with zero attached hydrogens (tertiary/aromatic N) is 2. The van der Waals surface area contributed by atoms with Gasteiger partial charge in [0, 0.05) is 36.9 Å². The third-order valence-electron chi connectivity index (χ3n) is 4.75. The predicted molar refractivity (Wildman–Crippen MR) is 92.3 cm³/mol. The molecule has 4 heteroatoms. The molecule has 22 heavy (non-hydrogen) atoms. The van der Waals surface area contributed by atoms with Crippen LogP contribution in [0, 0.1) is 5.41 Å². The van der Waals surface area contributed by atoms with Gasteiger partial charge in [0.1, 0.15) is 0 Å². The highest BCUT2D eigenvalue weighted by atomic mass is 16.2. The average Bonchev–Trinajstić information content (AvgIpc) is 2.91. The molecule has 2 N–H and O–H groups in total. The summed E-state index contributed by atoms with van der Waals surface area (Å²) in [6.07, 6.45) is 0.990. The minimum Gasteiger partial charge on any atom is -0.369 e. The van der Waals surface area contributed by atoms with Gasteiger partial charge in [-0.15, -0.1) is 0 Å². The van der Waals surface area contributed by atoms with Crippen LogP contribution in [-0.2, 0) is 0 Å². The molecule has 1 unspecified atom stereocenters. The van der Waals surface area contributed by atoms with E-state index in [4.69, 9.17) is 5.73 Å². The average molecular weight is 303 g/mol. The Morgan fingerprint density at radius 2 is 2.00 bits per heavy atom. The van der Waals surface area contributed by atoms with Crippen LogP contribution in [0.1, 0.15) is 44.5 Å². The number of benzene rings is 1. The van der Waals surface area contributed by atoms with E-state index in [0.29, 0.717) is 12.6 Å². The zero-order valence-electron chi connectivity index (χ0n) is 14.3. The van der Waals surface area contributed by atoms with Crippen molar-refractivity contribution in [3.63, 3.8) is 0 Å². The van der Waals surface area contributed by atoms with Crippen LogP contribution < -0.4 is 10.6 Å². The molecule has 0 radical (unpaired) electrons. The molecule has 0 saturated carbocycles. The quantitative estimate of drug-likeness (QED) is 0.910. The van der Waals surface area contributed by atoms with Crippen LogP contribution >= 0.6 is 0 Å². The maximum Gasteiger partial charge on any atom is 0.253 e. The van der Waals surface area contributed by atoms with E-state index < -0.39 is 0 Å². The Kier molecular flexibility index (Phi) is 5.12. The monoisotopic (exact) mass is 303 g/mol. The minimum absolute atomic E-state index is 0.0756. The van der Waals surface area contributed by atoms with Gasteiger partial charge in [-0.2, -0.15) is 0 Å². The summed E-state index contributed by atoms with van der Waals surface area (Å²) in [5, 5.41) is 0. The molecule has 1 aromatic rings. The van der Waals surface area contributed by atoms with Gasteiger partial charge in [-0.05, 0) is 63.4 Å². The van der Waals surface area contributed by atoms with Gasteiger partial charge in [0.25, 0.3) is 5.91 Å². The molecule has 0 aromatic heterocycles. The number of likely N-dealkylation sites (tertiary alicyclic amines) is 1. The van der Waals surface area contributed by atoms with Crippen molar-refractivity contribution in [3.8, 4) is 0 Å². The topological polar surface area (TPSA) is 49.6 Å². The lowest BCUT2D eigenvalue weighted by atomic mass is 9.90. The lowest BCUT2D eigenvalue weighted by Crippen LogP contribution is -2.34. The number of anilines is 1. The summed E-state index contributed by atoms with van der Waals surface area (Å²) in [5.74, 6) is 0.122.